The van der Waals surface area contributed by atoms with Gasteiger partial charge in [0.1, 0.15) is 5.60 Å². The Kier molecular flexibility index (Phi) is 5.41. The van der Waals surface area contributed by atoms with Crippen molar-refractivity contribution in [3.8, 4) is 0 Å². The number of hydrogen-bond acceptors (Lipinski definition) is 4. The summed E-state index contributed by atoms with van der Waals surface area (Å²) in [6.45, 7) is 7.62. The van der Waals surface area contributed by atoms with Crippen LogP contribution < -0.4 is 0 Å². The summed E-state index contributed by atoms with van der Waals surface area (Å²) in [6.07, 6.45) is 8.50. The predicted octanol–water partition coefficient (Wildman–Crippen LogP) is 2.81. The normalized spacial score (nSPS) is 28.9. The highest BCUT2D eigenvalue weighted by molar-refractivity contribution is 5.87. The molecule has 120 valence electrons. The predicted molar refractivity (Wildman–Crippen MR) is 79.4 cm³/mol. The van der Waals surface area contributed by atoms with E-state index in [0.29, 0.717) is 19.7 Å². The minimum Gasteiger partial charge on any atom is -0.344 e. The average Bonchev–Trinajstić information content (AvgIpc) is 2.51. The summed E-state index contributed by atoms with van der Waals surface area (Å²) < 4.78 is 5.94. The van der Waals surface area contributed by atoms with E-state index < -0.39 is 11.4 Å². The highest BCUT2D eigenvalue weighted by Gasteiger charge is 2.44. The summed E-state index contributed by atoms with van der Waals surface area (Å²) in [4.78, 5) is 24.9. The van der Waals surface area contributed by atoms with Gasteiger partial charge < -0.3 is 9.64 Å². The van der Waals surface area contributed by atoms with Crippen LogP contribution in [-0.2, 0) is 19.3 Å². The Morgan fingerprint density at radius 2 is 1.81 bits per heavy atom. The molecule has 1 amide bonds. The van der Waals surface area contributed by atoms with Crippen LogP contribution in [0.4, 0.5) is 0 Å². The van der Waals surface area contributed by atoms with E-state index in [1.54, 1.807) is 17.1 Å². The number of likely N-dealkylation sites (N-methyl/N-ethyl adjacent to an activating group) is 1. The first-order chi connectivity index (χ1) is 10.0. The molecule has 0 aromatic rings. The number of rotatable bonds is 4. The highest BCUT2D eigenvalue weighted by Crippen LogP contribution is 2.38. The zero-order chi connectivity index (χ0) is 15.3. The first-order valence-electron chi connectivity index (χ1n) is 8.01. The van der Waals surface area contributed by atoms with Gasteiger partial charge in [0.05, 0.1) is 6.61 Å². The van der Waals surface area contributed by atoms with Crippen molar-refractivity contribution in [2.24, 2.45) is 0 Å². The van der Waals surface area contributed by atoms with E-state index in [0.717, 1.165) is 25.7 Å². The molecule has 1 aliphatic carbocycles. The molecule has 1 heterocycles. The lowest BCUT2D eigenvalue weighted by molar-refractivity contribution is -0.505. The Balaban J connectivity index is 1.91. The van der Waals surface area contributed by atoms with Crippen LogP contribution >= 0.6 is 0 Å². The number of carbonyl (C=O) groups is 1. The van der Waals surface area contributed by atoms with Crippen LogP contribution in [0.1, 0.15) is 52.9 Å². The van der Waals surface area contributed by atoms with E-state index in [9.17, 15) is 4.79 Å². The Labute approximate surface area is 127 Å². The molecule has 1 spiro atoms. The zero-order valence-corrected chi connectivity index (χ0v) is 13.4. The van der Waals surface area contributed by atoms with Crippen LogP contribution in [0.25, 0.3) is 0 Å². The molecule has 0 aromatic heterocycles. The van der Waals surface area contributed by atoms with Crippen LogP contribution in [0.15, 0.2) is 12.2 Å². The molecular formula is C16H27NO4. The molecule has 21 heavy (non-hydrogen) atoms. The molecule has 2 rings (SSSR count). The Bertz CT molecular complexity index is 374. The second-order valence-corrected chi connectivity index (χ2v) is 6.08. The Hall–Kier alpha value is -0.910. The van der Waals surface area contributed by atoms with Gasteiger partial charge >= 0.3 is 0 Å². The van der Waals surface area contributed by atoms with Crippen molar-refractivity contribution in [2.45, 2.75) is 64.3 Å². The fourth-order valence-corrected chi connectivity index (χ4v) is 2.78. The van der Waals surface area contributed by atoms with Crippen LogP contribution in [0.5, 0.6) is 0 Å². The summed E-state index contributed by atoms with van der Waals surface area (Å²) in [5.41, 5.74) is -0.703. The van der Waals surface area contributed by atoms with Gasteiger partial charge in [-0.25, -0.2) is 9.78 Å². The molecule has 5 heteroatoms. The Morgan fingerprint density at radius 3 is 2.33 bits per heavy atom. The van der Waals surface area contributed by atoms with Gasteiger partial charge in [-0.15, -0.1) is 0 Å². The molecule has 1 atom stereocenters. The molecule has 2 aliphatic rings. The lowest BCUT2D eigenvalue weighted by Gasteiger charge is -2.43. The fraction of sp³-hybridized carbons (Fsp3) is 0.812. The summed E-state index contributed by atoms with van der Waals surface area (Å²) >= 11 is 0. The van der Waals surface area contributed by atoms with Crippen molar-refractivity contribution in [3.63, 3.8) is 0 Å². The van der Waals surface area contributed by atoms with Crippen molar-refractivity contribution < 1.29 is 19.3 Å². The lowest BCUT2D eigenvalue weighted by Crippen LogP contribution is -2.50. The quantitative estimate of drug-likeness (QED) is 0.591. The maximum absolute atomic E-state index is 12.0. The van der Waals surface area contributed by atoms with Crippen molar-refractivity contribution in [3.05, 3.63) is 12.2 Å². The zero-order valence-electron chi connectivity index (χ0n) is 13.4. The minimum atomic E-state index is -0.703. The topological polar surface area (TPSA) is 48.0 Å². The van der Waals surface area contributed by atoms with Crippen LogP contribution in [0.3, 0.4) is 0 Å². The monoisotopic (exact) mass is 297 g/mol. The van der Waals surface area contributed by atoms with E-state index in [1.165, 1.54) is 6.42 Å². The first kappa shape index (κ1) is 16.5. The summed E-state index contributed by atoms with van der Waals surface area (Å²) in [6, 6.07) is 0. The molecule has 2 fully saturated rings. The molecule has 0 aromatic carbocycles. The van der Waals surface area contributed by atoms with Gasteiger partial charge in [-0.05, 0) is 39.7 Å². The molecule has 1 unspecified atom stereocenters. The SMILES string of the molecule is CCN(CC)C(=O)/C=C\C1(C)COC2(CCCCC2)OO1. The van der Waals surface area contributed by atoms with Gasteiger partial charge in [0.2, 0.25) is 11.7 Å². The maximum atomic E-state index is 12.0. The van der Waals surface area contributed by atoms with Crippen molar-refractivity contribution in [1.82, 2.24) is 4.90 Å². The summed E-state index contributed by atoms with van der Waals surface area (Å²) in [7, 11) is 0. The molecule has 5 nitrogen and oxygen atoms in total. The molecule has 0 N–H and O–H groups in total. The van der Waals surface area contributed by atoms with Gasteiger partial charge in [0.15, 0.2) is 0 Å². The van der Waals surface area contributed by atoms with Gasteiger partial charge in [0.25, 0.3) is 0 Å². The van der Waals surface area contributed by atoms with E-state index in [4.69, 9.17) is 14.5 Å². The molecule has 1 saturated carbocycles. The number of nitrogens with zero attached hydrogens (tertiary/aromatic N) is 1. The van der Waals surface area contributed by atoms with Crippen molar-refractivity contribution in [1.29, 1.82) is 0 Å². The summed E-state index contributed by atoms with van der Waals surface area (Å²) in [5, 5.41) is 0. The van der Waals surface area contributed by atoms with Crippen LogP contribution in [0.2, 0.25) is 0 Å². The standard InChI is InChI=1S/C16H27NO4/c1-4-17(5-2)14(18)9-12-15(3)13-19-16(21-20-15)10-7-6-8-11-16/h9,12H,4-8,10-11,13H2,1-3H3/b12-9-. The van der Waals surface area contributed by atoms with Gasteiger partial charge in [0, 0.05) is 32.0 Å². The third kappa shape index (κ3) is 4.05. The van der Waals surface area contributed by atoms with Gasteiger partial charge in [-0.1, -0.05) is 6.42 Å². The van der Waals surface area contributed by atoms with Crippen LogP contribution in [0, 0.1) is 0 Å². The molecule has 1 aliphatic heterocycles. The average molecular weight is 297 g/mol. The number of amides is 1. The van der Waals surface area contributed by atoms with Crippen LogP contribution in [-0.4, -0.2) is 41.9 Å². The Morgan fingerprint density at radius 1 is 1.14 bits per heavy atom. The third-order valence-electron chi connectivity index (χ3n) is 4.27. The summed E-state index contributed by atoms with van der Waals surface area (Å²) in [5.74, 6) is -0.572. The van der Waals surface area contributed by atoms with Crippen molar-refractivity contribution >= 4 is 5.91 Å². The molecule has 1 saturated heterocycles. The number of hydrogen-bond donors (Lipinski definition) is 0. The van der Waals surface area contributed by atoms with E-state index in [2.05, 4.69) is 0 Å². The van der Waals surface area contributed by atoms with E-state index in [-0.39, 0.29) is 5.91 Å². The number of ether oxygens (including phenoxy) is 1. The maximum Gasteiger partial charge on any atom is 0.246 e. The first-order valence-corrected chi connectivity index (χ1v) is 8.01. The molecule has 0 radical (unpaired) electrons. The van der Waals surface area contributed by atoms with Gasteiger partial charge in [-0.2, -0.15) is 0 Å². The fourth-order valence-electron chi connectivity index (χ4n) is 2.78. The smallest absolute Gasteiger partial charge is 0.246 e. The largest absolute Gasteiger partial charge is 0.344 e. The third-order valence-corrected chi connectivity index (χ3v) is 4.27. The minimum absolute atomic E-state index is 0.0113. The second-order valence-electron chi connectivity index (χ2n) is 6.08. The number of carbonyl (C=O) groups excluding carboxylic acids is 1. The second kappa shape index (κ2) is 6.90. The lowest BCUT2D eigenvalue weighted by atomic mass is 9.93. The highest BCUT2D eigenvalue weighted by atomic mass is 17.2. The van der Waals surface area contributed by atoms with Gasteiger partial charge in [-0.3, -0.25) is 4.79 Å². The van der Waals surface area contributed by atoms with E-state index >= 15 is 0 Å². The van der Waals surface area contributed by atoms with Crippen molar-refractivity contribution in [2.75, 3.05) is 19.7 Å². The molecule has 0 bridgehead atoms. The molecular weight excluding hydrogens is 270 g/mol. The van der Waals surface area contributed by atoms with E-state index in [1.807, 2.05) is 20.8 Å².